The van der Waals surface area contributed by atoms with Crippen LogP contribution in [0.3, 0.4) is 0 Å². The zero-order chi connectivity index (χ0) is 18.6. The third-order valence-corrected chi connectivity index (χ3v) is 6.65. The van der Waals surface area contributed by atoms with Gasteiger partial charge < -0.3 is 5.32 Å². The first-order valence-electron chi connectivity index (χ1n) is 8.50. The van der Waals surface area contributed by atoms with Crippen LogP contribution in [0.4, 0.5) is 5.82 Å². The monoisotopic (exact) mass is 437 g/mol. The Morgan fingerprint density at radius 3 is 2.50 bits per heavy atom. The van der Waals surface area contributed by atoms with E-state index in [0.29, 0.717) is 18.9 Å². The van der Waals surface area contributed by atoms with Crippen molar-refractivity contribution >= 4 is 37.7 Å². The van der Waals surface area contributed by atoms with E-state index in [0.717, 1.165) is 30.2 Å². The molecule has 1 aromatic heterocycles. The average Bonchev–Trinajstić information content (AvgIpc) is 2.92. The maximum absolute atomic E-state index is 12.9. The quantitative estimate of drug-likeness (QED) is 0.790. The second-order valence-electron chi connectivity index (χ2n) is 6.16. The molecule has 0 spiro atoms. The van der Waals surface area contributed by atoms with Gasteiger partial charge in [-0.1, -0.05) is 34.8 Å². The van der Waals surface area contributed by atoms with Crippen molar-refractivity contribution in [1.29, 1.82) is 0 Å². The van der Waals surface area contributed by atoms with Crippen LogP contribution in [-0.2, 0) is 10.0 Å². The fraction of sp³-hybridized carbons (Fsp3) is 0.333. The summed E-state index contributed by atoms with van der Waals surface area (Å²) >= 11 is 3.32. The van der Waals surface area contributed by atoms with Crippen LogP contribution < -0.4 is 5.32 Å². The standard InChI is InChI=1S/C18H20BrN3O3S/c19-15-8-9-20-17(13-15)21-18(23)14-6-5-7-16(12-14)26(24,25)22-10-3-1-2-4-11-22/h5-9,12-13H,1-4,10-11H2,(H,20,21,23). The Kier molecular flexibility index (Phi) is 6.05. The zero-order valence-electron chi connectivity index (χ0n) is 14.2. The predicted octanol–water partition coefficient (Wildman–Crippen LogP) is 3.66. The number of carbonyl (C=O) groups excluding carboxylic acids is 1. The molecule has 3 rings (SSSR count). The molecule has 1 saturated heterocycles. The molecule has 2 heterocycles. The lowest BCUT2D eigenvalue weighted by molar-refractivity contribution is 0.102. The van der Waals surface area contributed by atoms with E-state index >= 15 is 0 Å². The van der Waals surface area contributed by atoms with Crippen molar-refractivity contribution in [2.75, 3.05) is 18.4 Å². The Hall–Kier alpha value is -1.77. The van der Waals surface area contributed by atoms with Crippen LogP contribution in [0, 0.1) is 0 Å². The van der Waals surface area contributed by atoms with E-state index in [4.69, 9.17) is 0 Å². The molecule has 0 atom stereocenters. The van der Waals surface area contributed by atoms with Crippen LogP contribution in [-0.4, -0.2) is 36.7 Å². The lowest BCUT2D eigenvalue weighted by atomic mass is 10.2. The fourth-order valence-electron chi connectivity index (χ4n) is 2.89. The van der Waals surface area contributed by atoms with Gasteiger partial charge in [0.2, 0.25) is 10.0 Å². The van der Waals surface area contributed by atoms with Gasteiger partial charge in [0.25, 0.3) is 5.91 Å². The number of benzene rings is 1. The first kappa shape index (κ1) is 19.0. The summed E-state index contributed by atoms with van der Waals surface area (Å²) in [6.45, 7) is 1.06. The van der Waals surface area contributed by atoms with Gasteiger partial charge in [-0.3, -0.25) is 4.79 Å². The third-order valence-electron chi connectivity index (χ3n) is 4.26. The number of nitrogens with one attached hydrogen (secondary N) is 1. The van der Waals surface area contributed by atoms with Crippen LogP contribution in [0.2, 0.25) is 0 Å². The van der Waals surface area contributed by atoms with Crippen molar-refractivity contribution in [1.82, 2.24) is 9.29 Å². The summed E-state index contributed by atoms with van der Waals surface area (Å²) < 4.78 is 28.1. The molecule has 1 amide bonds. The summed E-state index contributed by atoms with van der Waals surface area (Å²) in [6, 6.07) is 9.57. The number of hydrogen-bond acceptors (Lipinski definition) is 4. The number of nitrogens with zero attached hydrogens (tertiary/aromatic N) is 2. The average molecular weight is 438 g/mol. The van der Waals surface area contributed by atoms with E-state index in [1.807, 2.05) is 0 Å². The lowest BCUT2D eigenvalue weighted by Crippen LogP contribution is -2.32. The first-order valence-corrected chi connectivity index (χ1v) is 10.7. The number of carbonyl (C=O) groups is 1. The van der Waals surface area contributed by atoms with Gasteiger partial charge >= 0.3 is 0 Å². The van der Waals surface area contributed by atoms with E-state index in [1.165, 1.54) is 16.4 Å². The van der Waals surface area contributed by atoms with E-state index in [9.17, 15) is 13.2 Å². The van der Waals surface area contributed by atoms with Crippen molar-refractivity contribution in [3.63, 3.8) is 0 Å². The Bertz CT molecular complexity index is 894. The number of hydrogen-bond donors (Lipinski definition) is 1. The molecule has 1 N–H and O–H groups in total. The van der Waals surface area contributed by atoms with Crippen molar-refractivity contribution in [2.45, 2.75) is 30.6 Å². The lowest BCUT2D eigenvalue weighted by Gasteiger charge is -2.20. The minimum absolute atomic E-state index is 0.147. The molecule has 0 radical (unpaired) electrons. The molecular weight excluding hydrogens is 418 g/mol. The van der Waals surface area contributed by atoms with Crippen molar-refractivity contribution in [3.05, 3.63) is 52.6 Å². The topological polar surface area (TPSA) is 79.4 Å². The van der Waals surface area contributed by atoms with Gasteiger partial charge in [0.15, 0.2) is 0 Å². The van der Waals surface area contributed by atoms with Crippen LogP contribution in [0.5, 0.6) is 0 Å². The third kappa shape index (κ3) is 4.49. The second-order valence-corrected chi connectivity index (χ2v) is 9.01. The second kappa shape index (κ2) is 8.28. The molecule has 2 aromatic rings. The Balaban J connectivity index is 1.82. The maximum atomic E-state index is 12.9. The van der Waals surface area contributed by atoms with Crippen LogP contribution in [0.15, 0.2) is 52.0 Å². The summed E-state index contributed by atoms with van der Waals surface area (Å²) in [7, 11) is -3.59. The number of anilines is 1. The highest BCUT2D eigenvalue weighted by Gasteiger charge is 2.25. The van der Waals surface area contributed by atoms with Crippen molar-refractivity contribution in [3.8, 4) is 0 Å². The van der Waals surface area contributed by atoms with E-state index < -0.39 is 15.9 Å². The predicted molar refractivity (Wildman–Crippen MR) is 104 cm³/mol. The Labute approximate surface area is 161 Å². The van der Waals surface area contributed by atoms with Gasteiger partial charge in [0.05, 0.1) is 4.90 Å². The maximum Gasteiger partial charge on any atom is 0.256 e. The number of pyridine rings is 1. The number of aromatic nitrogens is 1. The first-order chi connectivity index (χ1) is 12.5. The molecule has 0 bridgehead atoms. The highest BCUT2D eigenvalue weighted by molar-refractivity contribution is 9.10. The summed E-state index contributed by atoms with van der Waals surface area (Å²) in [5, 5.41) is 2.68. The molecule has 138 valence electrons. The molecule has 26 heavy (non-hydrogen) atoms. The Morgan fingerprint density at radius 2 is 1.81 bits per heavy atom. The molecule has 0 saturated carbocycles. The van der Waals surface area contributed by atoms with Gasteiger partial charge in [-0.15, -0.1) is 0 Å². The zero-order valence-corrected chi connectivity index (χ0v) is 16.6. The number of sulfonamides is 1. The van der Waals surface area contributed by atoms with E-state index in [-0.39, 0.29) is 10.5 Å². The van der Waals surface area contributed by atoms with Gasteiger partial charge in [-0.2, -0.15) is 4.31 Å². The molecule has 0 unspecified atom stereocenters. The van der Waals surface area contributed by atoms with Crippen LogP contribution in [0.25, 0.3) is 0 Å². The fourth-order valence-corrected chi connectivity index (χ4v) is 4.79. The number of rotatable bonds is 4. The minimum Gasteiger partial charge on any atom is -0.307 e. The molecule has 0 aliphatic carbocycles. The van der Waals surface area contributed by atoms with Gasteiger partial charge in [-0.25, -0.2) is 13.4 Å². The van der Waals surface area contributed by atoms with Gasteiger partial charge in [0, 0.05) is 29.3 Å². The van der Waals surface area contributed by atoms with Gasteiger partial charge in [-0.05, 0) is 43.2 Å². The number of halogens is 1. The highest BCUT2D eigenvalue weighted by atomic mass is 79.9. The molecule has 8 heteroatoms. The number of amides is 1. The smallest absolute Gasteiger partial charge is 0.256 e. The van der Waals surface area contributed by atoms with Gasteiger partial charge in [0.1, 0.15) is 5.82 Å². The molecule has 1 aromatic carbocycles. The summed E-state index contributed by atoms with van der Waals surface area (Å²) in [5.74, 6) is -0.00586. The van der Waals surface area contributed by atoms with Crippen molar-refractivity contribution in [2.24, 2.45) is 0 Å². The summed E-state index contributed by atoms with van der Waals surface area (Å²) in [5.41, 5.74) is 0.280. The molecule has 6 nitrogen and oxygen atoms in total. The van der Waals surface area contributed by atoms with E-state index in [1.54, 1.807) is 30.5 Å². The van der Waals surface area contributed by atoms with Crippen LogP contribution >= 0.6 is 15.9 Å². The molecule has 1 aliphatic rings. The van der Waals surface area contributed by atoms with Crippen LogP contribution in [0.1, 0.15) is 36.0 Å². The van der Waals surface area contributed by atoms with Crippen molar-refractivity contribution < 1.29 is 13.2 Å². The highest BCUT2D eigenvalue weighted by Crippen LogP contribution is 2.21. The Morgan fingerprint density at radius 1 is 1.08 bits per heavy atom. The summed E-state index contributed by atoms with van der Waals surface area (Å²) in [6.07, 6.45) is 5.41. The minimum atomic E-state index is -3.59. The largest absolute Gasteiger partial charge is 0.307 e. The van der Waals surface area contributed by atoms with E-state index in [2.05, 4.69) is 26.2 Å². The SMILES string of the molecule is O=C(Nc1cc(Br)ccn1)c1cccc(S(=O)(=O)N2CCCCCC2)c1. The molecule has 1 aliphatic heterocycles. The summed E-state index contributed by atoms with van der Waals surface area (Å²) in [4.78, 5) is 16.7. The molecule has 1 fully saturated rings. The molecular formula is C18H20BrN3O3S. The normalized spacial score (nSPS) is 16.0.